The number of rotatable bonds is 3. The van der Waals surface area contributed by atoms with Gasteiger partial charge in [0.05, 0.1) is 17.9 Å². The zero-order valence-corrected chi connectivity index (χ0v) is 11.8. The molecule has 2 aromatic carbocycles. The summed E-state index contributed by atoms with van der Waals surface area (Å²) in [6, 6.07) is 18.4. The van der Waals surface area contributed by atoms with Gasteiger partial charge in [0.2, 0.25) is 5.24 Å². The highest BCUT2D eigenvalue weighted by molar-refractivity contribution is 6.64. The monoisotopic (exact) mass is 286 g/mol. The molecule has 0 N–H and O–H groups in total. The van der Waals surface area contributed by atoms with Crippen LogP contribution in [0, 0.1) is 0 Å². The van der Waals surface area contributed by atoms with Gasteiger partial charge in [0.25, 0.3) is 0 Å². The largest absolute Gasteiger partial charge is 0.359 e. The molecule has 3 rings (SSSR count). The number of benzene rings is 2. The Bertz CT molecular complexity index is 615. The predicted octanol–water partition coefficient (Wildman–Crippen LogP) is 3.41. The average molecular weight is 287 g/mol. The summed E-state index contributed by atoms with van der Waals surface area (Å²) in [5.74, 6) is 0. The molecule has 0 spiro atoms. The Morgan fingerprint density at radius 3 is 2.30 bits per heavy atom. The molecule has 0 aromatic heterocycles. The molecule has 0 saturated carbocycles. The van der Waals surface area contributed by atoms with Crippen LogP contribution in [0.25, 0.3) is 0 Å². The fraction of sp³-hybridized carbons (Fsp3) is 0.188. The van der Waals surface area contributed by atoms with Gasteiger partial charge in [0, 0.05) is 18.8 Å². The normalized spacial score (nSPS) is 14.1. The molecule has 2 aromatic rings. The van der Waals surface area contributed by atoms with E-state index in [0.717, 1.165) is 30.2 Å². The summed E-state index contributed by atoms with van der Waals surface area (Å²) in [6.07, 6.45) is 0. The fourth-order valence-electron chi connectivity index (χ4n) is 2.61. The molecule has 102 valence electrons. The number of halogens is 1. The van der Waals surface area contributed by atoms with E-state index in [1.54, 1.807) is 0 Å². The zero-order valence-electron chi connectivity index (χ0n) is 11.0. The van der Waals surface area contributed by atoms with E-state index in [1.807, 2.05) is 41.3 Å². The molecule has 1 aliphatic heterocycles. The van der Waals surface area contributed by atoms with E-state index in [0.29, 0.717) is 0 Å². The lowest BCUT2D eigenvalue weighted by Crippen LogP contribution is -2.40. The minimum Gasteiger partial charge on any atom is -0.359 e. The maximum Gasteiger partial charge on any atom is 0.240 e. The molecule has 3 nitrogen and oxygen atoms in total. The SMILES string of the molecule is O=C(Cl)CN1CCN(c2ccccc2)c2ccccc21. The molecule has 4 heteroatoms. The van der Waals surface area contributed by atoms with Crippen LogP contribution in [0.2, 0.25) is 0 Å². The van der Waals surface area contributed by atoms with Gasteiger partial charge in [-0.15, -0.1) is 0 Å². The second-order valence-corrected chi connectivity index (χ2v) is 5.17. The van der Waals surface area contributed by atoms with Crippen molar-refractivity contribution in [3.63, 3.8) is 0 Å². The van der Waals surface area contributed by atoms with Crippen molar-refractivity contribution < 1.29 is 4.79 Å². The van der Waals surface area contributed by atoms with E-state index >= 15 is 0 Å². The summed E-state index contributed by atoms with van der Waals surface area (Å²) in [6.45, 7) is 1.87. The Kier molecular flexibility index (Phi) is 3.61. The van der Waals surface area contributed by atoms with Gasteiger partial charge in [-0.05, 0) is 35.9 Å². The second-order valence-electron chi connectivity index (χ2n) is 4.75. The molecule has 0 radical (unpaired) electrons. The lowest BCUT2D eigenvalue weighted by Gasteiger charge is -2.38. The maximum absolute atomic E-state index is 11.2. The third-order valence-electron chi connectivity index (χ3n) is 3.49. The van der Waals surface area contributed by atoms with Gasteiger partial charge >= 0.3 is 0 Å². The number of para-hydroxylation sites is 3. The summed E-state index contributed by atoms with van der Waals surface area (Å²) in [5, 5.41) is -0.326. The first kappa shape index (κ1) is 13.0. The van der Waals surface area contributed by atoms with Crippen molar-refractivity contribution in [2.75, 3.05) is 29.4 Å². The maximum atomic E-state index is 11.2. The highest BCUT2D eigenvalue weighted by Crippen LogP contribution is 2.37. The van der Waals surface area contributed by atoms with Crippen LogP contribution in [0.1, 0.15) is 0 Å². The van der Waals surface area contributed by atoms with E-state index < -0.39 is 0 Å². The quantitative estimate of drug-likeness (QED) is 0.808. The van der Waals surface area contributed by atoms with Crippen LogP contribution >= 0.6 is 11.6 Å². The molecule has 0 aliphatic carbocycles. The Morgan fingerprint density at radius 1 is 0.950 bits per heavy atom. The van der Waals surface area contributed by atoms with Crippen LogP contribution in [0.3, 0.4) is 0 Å². The summed E-state index contributed by atoms with van der Waals surface area (Å²) < 4.78 is 0. The molecule has 20 heavy (non-hydrogen) atoms. The number of nitrogens with zero attached hydrogens (tertiary/aromatic N) is 2. The van der Waals surface area contributed by atoms with Gasteiger partial charge in [-0.25, -0.2) is 0 Å². The van der Waals surface area contributed by atoms with Gasteiger partial charge in [0.15, 0.2) is 0 Å². The van der Waals surface area contributed by atoms with Crippen molar-refractivity contribution in [3.05, 3.63) is 54.6 Å². The van der Waals surface area contributed by atoms with Crippen LogP contribution in [0.5, 0.6) is 0 Å². The topological polar surface area (TPSA) is 23.6 Å². The van der Waals surface area contributed by atoms with E-state index in [2.05, 4.69) is 23.1 Å². The molecule has 0 atom stereocenters. The number of fused-ring (bicyclic) bond motifs is 1. The summed E-state index contributed by atoms with van der Waals surface area (Å²) >= 11 is 5.54. The molecule has 0 saturated heterocycles. The van der Waals surface area contributed by atoms with Gasteiger partial charge in [-0.2, -0.15) is 0 Å². The minimum absolute atomic E-state index is 0.251. The first-order valence-corrected chi connectivity index (χ1v) is 6.98. The lowest BCUT2D eigenvalue weighted by atomic mass is 10.1. The third kappa shape index (κ3) is 2.49. The van der Waals surface area contributed by atoms with Gasteiger partial charge in [-0.3, -0.25) is 4.79 Å². The van der Waals surface area contributed by atoms with Crippen LogP contribution < -0.4 is 9.80 Å². The number of carbonyl (C=O) groups is 1. The van der Waals surface area contributed by atoms with Crippen LogP contribution in [0.15, 0.2) is 54.6 Å². The number of carbonyl (C=O) groups excluding carboxylic acids is 1. The van der Waals surface area contributed by atoms with E-state index in [9.17, 15) is 4.79 Å². The van der Waals surface area contributed by atoms with Gasteiger partial charge in [0.1, 0.15) is 0 Å². The van der Waals surface area contributed by atoms with Crippen LogP contribution in [0.4, 0.5) is 17.1 Å². The fourth-order valence-corrected chi connectivity index (χ4v) is 2.76. The molecule has 0 amide bonds. The number of anilines is 3. The van der Waals surface area contributed by atoms with Crippen molar-refractivity contribution in [2.45, 2.75) is 0 Å². The van der Waals surface area contributed by atoms with Crippen LogP contribution in [-0.4, -0.2) is 24.9 Å². The van der Waals surface area contributed by atoms with E-state index in [4.69, 9.17) is 11.6 Å². The van der Waals surface area contributed by atoms with Crippen molar-refractivity contribution in [2.24, 2.45) is 0 Å². The van der Waals surface area contributed by atoms with Crippen LogP contribution in [-0.2, 0) is 4.79 Å². The second kappa shape index (κ2) is 5.55. The summed E-state index contributed by atoms with van der Waals surface area (Å²) in [5.41, 5.74) is 3.33. The summed E-state index contributed by atoms with van der Waals surface area (Å²) in [7, 11) is 0. The number of hydrogen-bond donors (Lipinski definition) is 0. The Hall–Kier alpha value is -2.00. The summed E-state index contributed by atoms with van der Waals surface area (Å²) in [4.78, 5) is 15.5. The van der Waals surface area contributed by atoms with Gasteiger partial charge < -0.3 is 9.80 Å². The Balaban J connectivity index is 1.99. The molecule has 0 fully saturated rings. The van der Waals surface area contributed by atoms with Crippen molar-refractivity contribution in [1.82, 2.24) is 0 Å². The number of hydrogen-bond acceptors (Lipinski definition) is 3. The van der Waals surface area contributed by atoms with E-state index in [1.165, 1.54) is 0 Å². The standard InChI is InChI=1S/C16H15ClN2O/c17-16(20)12-18-10-11-19(13-6-2-1-3-7-13)15-9-5-4-8-14(15)18/h1-9H,10-12H2. The highest BCUT2D eigenvalue weighted by Gasteiger charge is 2.23. The molecule has 0 unspecified atom stereocenters. The van der Waals surface area contributed by atoms with E-state index in [-0.39, 0.29) is 11.8 Å². The minimum atomic E-state index is -0.326. The molecule has 1 aliphatic rings. The first-order valence-electron chi connectivity index (χ1n) is 6.60. The highest BCUT2D eigenvalue weighted by atomic mass is 35.5. The Labute approximate surface area is 123 Å². The lowest BCUT2D eigenvalue weighted by molar-refractivity contribution is -0.110. The molecular formula is C16H15ClN2O. The predicted molar refractivity (Wildman–Crippen MR) is 83.0 cm³/mol. The zero-order chi connectivity index (χ0) is 13.9. The van der Waals surface area contributed by atoms with Gasteiger partial charge in [-0.1, -0.05) is 30.3 Å². The van der Waals surface area contributed by atoms with Crippen molar-refractivity contribution in [1.29, 1.82) is 0 Å². The molecule has 0 bridgehead atoms. The first-order chi connectivity index (χ1) is 9.75. The third-order valence-corrected chi connectivity index (χ3v) is 3.61. The molecule has 1 heterocycles. The average Bonchev–Trinajstić information content (AvgIpc) is 2.48. The van der Waals surface area contributed by atoms with Crippen molar-refractivity contribution in [3.8, 4) is 0 Å². The Morgan fingerprint density at radius 2 is 1.60 bits per heavy atom. The molecular weight excluding hydrogens is 272 g/mol. The van der Waals surface area contributed by atoms with Crippen molar-refractivity contribution >= 4 is 33.9 Å². The smallest absolute Gasteiger partial charge is 0.240 e.